The fourth-order valence-electron chi connectivity index (χ4n) is 8.85. The van der Waals surface area contributed by atoms with E-state index in [9.17, 15) is 19.8 Å². The van der Waals surface area contributed by atoms with E-state index in [1.165, 1.54) is 218 Å². The van der Waals surface area contributed by atoms with Gasteiger partial charge in [0.25, 0.3) is 0 Å². The minimum atomic E-state index is -0.672. The smallest absolute Gasteiger partial charge is 0.305 e. The molecule has 0 rings (SSSR count). The highest BCUT2D eigenvalue weighted by atomic mass is 16.5. The van der Waals surface area contributed by atoms with E-state index in [2.05, 4.69) is 43.5 Å². The van der Waals surface area contributed by atoms with Gasteiger partial charge in [-0.25, -0.2) is 0 Å². The van der Waals surface area contributed by atoms with Gasteiger partial charge in [-0.05, 0) is 51.4 Å². The monoisotopic (exact) mass is 902 g/mol. The Morgan fingerprint density at radius 1 is 0.438 bits per heavy atom. The molecule has 0 aromatic rings. The van der Waals surface area contributed by atoms with Crippen molar-refractivity contribution in [1.82, 2.24) is 5.32 Å². The second kappa shape index (κ2) is 54.0. The maximum Gasteiger partial charge on any atom is 0.305 e. The van der Waals surface area contributed by atoms with Crippen molar-refractivity contribution in [2.24, 2.45) is 0 Å². The second-order valence-electron chi connectivity index (χ2n) is 19.6. The summed E-state index contributed by atoms with van der Waals surface area (Å²) in [5.41, 5.74) is 0. The molecule has 0 aliphatic rings. The van der Waals surface area contributed by atoms with Crippen LogP contribution in [0.2, 0.25) is 0 Å². The van der Waals surface area contributed by atoms with Gasteiger partial charge in [0.15, 0.2) is 0 Å². The van der Waals surface area contributed by atoms with Gasteiger partial charge in [-0.15, -0.1) is 0 Å². The quantitative estimate of drug-likeness (QED) is 0.0321. The van der Waals surface area contributed by atoms with E-state index in [4.69, 9.17) is 4.74 Å². The molecule has 0 spiro atoms. The van der Waals surface area contributed by atoms with Gasteiger partial charge in [0, 0.05) is 12.8 Å². The van der Waals surface area contributed by atoms with Crippen LogP contribution in [0.3, 0.4) is 0 Å². The molecular formula is C58H111NO5. The standard InChI is InChI=1S/C58H111NO5/c1-3-5-7-9-11-13-15-17-18-19-20-21-22-23-27-30-34-38-42-46-50-56(61)55(54-60)59-57(62)51-47-43-39-35-31-28-24-25-29-33-37-41-45-49-53-64-58(63)52-48-44-40-36-32-26-16-14-12-10-8-6-4-2/h8,10,14,16,55-56,60-61H,3-7,9,11-13,15,17-54H2,1-2H3,(H,59,62)/b10-8-,16-14-. The number of aliphatic hydroxyl groups excluding tert-OH is 2. The molecule has 6 nitrogen and oxygen atoms in total. The summed E-state index contributed by atoms with van der Waals surface area (Å²) in [6, 6.07) is -0.550. The van der Waals surface area contributed by atoms with Crippen LogP contribution in [-0.2, 0) is 14.3 Å². The predicted octanol–water partition coefficient (Wildman–Crippen LogP) is 17.5. The number of esters is 1. The van der Waals surface area contributed by atoms with E-state index >= 15 is 0 Å². The second-order valence-corrected chi connectivity index (χ2v) is 19.6. The molecule has 0 saturated carbocycles. The lowest BCUT2D eigenvalue weighted by Crippen LogP contribution is -2.45. The number of rotatable bonds is 53. The van der Waals surface area contributed by atoms with E-state index in [1.807, 2.05) is 0 Å². The summed E-state index contributed by atoms with van der Waals surface area (Å²) in [6.45, 7) is 4.88. The van der Waals surface area contributed by atoms with Crippen LogP contribution in [0.1, 0.15) is 309 Å². The number of nitrogens with one attached hydrogen (secondary N) is 1. The van der Waals surface area contributed by atoms with Crippen molar-refractivity contribution >= 4 is 11.9 Å². The normalized spacial score (nSPS) is 12.8. The highest BCUT2D eigenvalue weighted by Gasteiger charge is 2.20. The number of carbonyl (C=O) groups excluding carboxylic acids is 2. The number of allylic oxidation sites excluding steroid dienone is 4. The highest BCUT2D eigenvalue weighted by Crippen LogP contribution is 2.17. The minimum Gasteiger partial charge on any atom is -0.466 e. The summed E-state index contributed by atoms with van der Waals surface area (Å²) in [4.78, 5) is 24.5. The highest BCUT2D eigenvalue weighted by molar-refractivity contribution is 5.76. The van der Waals surface area contributed by atoms with Crippen molar-refractivity contribution in [3.8, 4) is 0 Å². The van der Waals surface area contributed by atoms with Crippen molar-refractivity contribution in [3.63, 3.8) is 0 Å². The molecule has 0 aromatic heterocycles. The van der Waals surface area contributed by atoms with Gasteiger partial charge in [-0.2, -0.15) is 0 Å². The molecule has 64 heavy (non-hydrogen) atoms. The zero-order valence-corrected chi connectivity index (χ0v) is 43.0. The number of hydrogen-bond donors (Lipinski definition) is 3. The maximum atomic E-state index is 12.5. The first-order chi connectivity index (χ1) is 31.5. The third kappa shape index (κ3) is 49.8. The molecule has 3 N–H and O–H groups in total. The molecule has 0 fully saturated rings. The van der Waals surface area contributed by atoms with Crippen LogP contribution >= 0.6 is 0 Å². The predicted molar refractivity (Wildman–Crippen MR) is 278 cm³/mol. The number of unbranched alkanes of at least 4 members (excludes halogenated alkanes) is 38. The SMILES string of the molecule is CCC/C=C\C/C=C\CCCCCCCC(=O)OCCCCCCCCCCCCCCCCC(=O)NC(CO)C(O)CCCCCCCCCCCCCCCCCCCCCC. The molecule has 0 aromatic carbocycles. The molecule has 6 heteroatoms. The molecule has 1 amide bonds. The first kappa shape index (κ1) is 62.3. The fraction of sp³-hybridized carbons (Fsp3) is 0.897. The van der Waals surface area contributed by atoms with Gasteiger partial charge >= 0.3 is 5.97 Å². The third-order valence-corrected chi connectivity index (χ3v) is 13.2. The topological polar surface area (TPSA) is 95.9 Å². The largest absolute Gasteiger partial charge is 0.466 e. The van der Waals surface area contributed by atoms with Crippen LogP contribution in [0.25, 0.3) is 0 Å². The maximum absolute atomic E-state index is 12.5. The van der Waals surface area contributed by atoms with Crippen molar-refractivity contribution in [1.29, 1.82) is 0 Å². The van der Waals surface area contributed by atoms with Crippen LogP contribution in [0.5, 0.6) is 0 Å². The number of hydrogen-bond acceptors (Lipinski definition) is 5. The van der Waals surface area contributed by atoms with Gasteiger partial charge in [0.05, 0.1) is 25.4 Å². The number of aliphatic hydroxyl groups is 2. The Hall–Kier alpha value is -1.66. The third-order valence-electron chi connectivity index (χ3n) is 13.2. The van der Waals surface area contributed by atoms with E-state index in [0.29, 0.717) is 25.9 Å². The Kier molecular flexibility index (Phi) is 52.6. The van der Waals surface area contributed by atoms with Crippen LogP contribution in [0, 0.1) is 0 Å². The fourth-order valence-corrected chi connectivity index (χ4v) is 8.85. The van der Waals surface area contributed by atoms with Crippen molar-refractivity contribution in [2.75, 3.05) is 13.2 Å². The molecule has 2 atom stereocenters. The van der Waals surface area contributed by atoms with Gasteiger partial charge < -0.3 is 20.3 Å². The molecule has 0 radical (unpaired) electrons. The first-order valence-electron chi connectivity index (χ1n) is 28.6. The summed E-state index contributed by atoms with van der Waals surface area (Å²) < 4.78 is 5.45. The zero-order chi connectivity index (χ0) is 46.5. The van der Waals surface area contributed by atoms with Crippen molar-refractivity contribution in [2.45, 2.75) is 321 Å². The van der Waals surface area contributed by atoms with Gasteiger partial charge in [0.2, 0.25) is 5.91 Å². The Morgan fingerprint density at radius 3 is 1.25 bits per heavy atom. The zero-order valence-electron chi connectivity index (χ0n) is 43.0. The van der Waals surface area contributed by atoms with Crippen LogP contribution in [0.4, 0.5) is 0 Å². The summed E-state index contributed by atoms with van der Waals surface area (Å²) >= 11 is 0. The average Bonchev–Trinajstić information content (AvgIpc) is 3.29. The molecule has 0 heterocycles. The summed E-state index contributed by atoms with van der Waals surface area (Å²) in [6.07, 6.45) is 64.4. The number of amides is 1. The van der Waals surface area contributed by atoms with Crippen molar-refractivity contribution in [3.05, 3.63) is 24.3 Å². The van der Waals surface area contributed by atoms with E-state index in [-0.39, 0.29) is 18.5 Å². The van der Waals surface area contributed by atoms with Gasteiger partial charge in [-0.3, -0.25) is 9.59 Å². The Bertz CT molecular complexity index is 997. The summed E-state index contributed by atoms with van der Waals surface area (Å²) in [5, 5.41) is 23.3. The Morgan fingerprint density at radius 2 is 0.812 bits per heavy atom. The Balaban J connectivity index is 3.45. The minimum absolute atomic E-state index is 0.0170. The molecule has 2 unspecified atom stereocenters. The first-order valence-corrected chi connectivity index (χ1v) is 28.6. The Labute approximate surface area is 399 Å². The van der Waals surface area contributed by atoms with Gasteiger partial charge in [0.1, 0.15) is 0 Å². The van der Waals surface area contributed by atoms with Gasteiger partial charge in [-0.1, -0.05) is 269 Å². The summed E-state index contributed by atoms with van der Waals surface area (Å²) in [7, 11) is 0. The van der Waals surface area contributed by atoms with Crippen molar-refractivity contribution < 1.29 is 24.5 Å². The lowest BCUT2D eigenvalue weighted by atomic mass is 10.0. The van der Waals surface area contributed by atoms with Crippen LogP contribution < -0.4 is 5.32 Å². The molecule has 0 saturated heterocycles. The molecule has 0 aliphatic heterocycles. The lowest BCUT2D eigenvalue weighted by Gasteiger charge is -2.22. The van der Waals surface area contributed by atoms with E-state index in [0.717, 1.165) is 57.8 Å². The molecule has 378 valence electrons. The lowest BCUT2D eigenvalue weighted by molar-refractivity contribution is -0.143. The molecular weight excluding hydrogens is 791 g/mol. The summed E-state index contributed by atoms with van der Waals surface area (Å²) in [5.74, 6) is -0.0606. The van der Waals surface area contributed by atoms with Crippen LogP contribution in [-0.4, -0.2) is 47.4 Å². The van der Waals surface area contributed by atoms with E-state index < -0.39 is 12.1 Å². The number of carbonyl (C=O) groups is 2. The molecule has 0 aliphatic carbocycles. The molecule has 0 bridgehead atoms. The van der Waals surface area contributed by atoms with E-state index in [1.54, 1.807) is 0 Å². The average molecular weight is 903 g/mol. The van der Waals surface area contributed by atoms with Crippen LogP contribution in [0.15, 0.2) is 24.3 Å². The number of ether oxygens (including phenoxy) is 1.